The normalized spacial score (nSPS) is 18.2. The molecule has 1 aliphatic carbocycles. The van der Waals surface area contributed by atoms with E-state index in [1.54, 1.807) is 12.1 Å². The molecule has 0 heterocycles. The molecule has 1 aromatic rings. The van der Waals surface area contributed by atoms with Gasteiger partial charge in [-0.05, 0) is 37.0 Å². The number of rotatable bonds is 5. The Kier molecular flexibility index (Phi) is 3.66. The first-order valence-corrected chi connectivity index (χ1v) is 6.31. The van der Waals surface area contributed by atoms with Crippen molar-refractivity contribution in [3.8, 4) is 0 Å². The lowest BCUT2D eigenvalue weighted by Gasteiger charge is -2.17. The topological polar surface area (TPSA) is 49.3 Å². The minimum absolute atomic E-state index is 0.0680. The highest BCUT2D eigenvalue weighted by atomic mass is 19.1. The van der Waals surface area contributed by atoms with E-state index >= 15 is 0 Å². The van der Waals surface area contributed by atoms with Crippen LogP contribution in [-0.4, -0.2) is 23.7 Å². The monoisotopic (exact) mass is 251 g/mol. The fourth-order valence-corrected chi connectivity index (χ4v) is 2.06. The second kappa shape index (κ2) is 5.06. The summed E-state index contributed by atoms with van der Waals surface area (Å²) in [5.74, 6) is -0.363. The molecule has 0 aliphatic heterocycles. The predicted molar refractivity (Wildman–Crippen MR) is 66.6 cm³/mol. The molecule has 0 bridgehead atoms. The molecule has 0 saturated heterocycles. The summed E-state index contributed by atoms with van der Waals surface area (Å²) in [6.07, 6.45) is 1.68. The number of aliphatic hydroxyl groups is 1. The highest BCUT2D eigenvalue weighted by molar-refractivity contribution is 5.91. The van der Waals surface area contributed by atoms with E-state index in [0.717, 1.165) is 18.4 Å². The fraction of sp³-hybridized carbons (Fsp3) is 0.500. The van der Waals surface area contributed by atoms with Gasteiger partial charge in [0.05, 0.1) is 11.5 Å². The van der Waals surface area contributed by atoms with Gasteiger partial charge in [-0.1, -0.05) is 19.1 Å². The minimum atomic E-state index is -0.502. The van der Waals surface area contributed by atoms with Crippen LogP contribution >= 0.6 is 0 Å². The minimum Gasteiger partial charge on any atom is -0.391 e. The maximum Gasteiger partial charge on any atom is 0.230 e. The summed E-state index contributed by atoms with van der Waals surface area (Å²) in [7, 11) is 0. The Morgan fingerprint density at radius 3 is 2.56 bits per heavy atom. The van der Waals surface area contributed by atoms with Gasteiger partial charge in [0.25, 0.3) is 0 Å². The van der Waals surface area contributed by atoms with Crippen molar-refractivity contribution in [1.82, 2.24) is 5.32 Å². The Hall–Kier alpha value is -1.42. The summed E-state index contributed by atoms with van der Waals surface area (Å²) in [6, 6.07) is 6.09. The van der Waals surface area contributed by atoms with Crippen LogP contribution in [0, 0.1) is 5.82 Å². The Labute approximate surface area is 106 Å². The van der Waals surface area contributed by atoms with E-state index in [1.165, 1.54) is 12.1 Å². The van der Waals surface area contributed by atoms with E-state index in [1.807, 2.05) is 6.92 Å². The highest BCUT2D eigenvalue weighted by Crippen LogP contribution is 2.48. The van der Waals surface area contributed by atoms with Crippen molar-refractivity contribution in [2.75, 3.05) is 6.54 Å². The Bertz CT molecular complexity index is 426. The van der Waals surface area contributed by atoms with Crippen LogP contribution in [0.4, 0.5) is 4.39 Å². The van der Waals surface area contributed by atoms with E-state index in [9.17, 15) is 14.3 Å². The third-order valence-electron chi connectivity index (χ3n) is 3.55. The molecule has 1 aromatic carbocycles. The van der Waals surface area contributed by atoms with Crippen LogP contribution in [-0.2, 0) is 10.2 Å². The van der Waals surface area contributed by atoms with Gasteiger partial charge in [-0.25, -0.2) is 4.39 Å². The van der Waals surface area contributed by atoms with Gasteiger partial charge in [-0.2, -0.15) is 0 Å². The molecule has 98 valence electrons. The number of halogens is 1. The lowest BCUT2D eigenvalue weighted by molar-refractivity contribution is -0.124. The molecule has 0 aromatic heterocycles. The van der Waals surface area contributed by atoms with Crippen LogP contribution in [0.25, 0.3) is 0 Å². The first kappa shape index (κ1) is 13.0. The molecule has 1 unspecified atom stereocenters. The van der Waals surface area contributed by atoms with Gasteiger partial charge in [0.1, 0.15) is 5.82 Å². The molecule has 0 spiro atoms. The number of hydrogen-bond donors (Lipinski definition) is 2. The number of carbonyl (C=O) groups is 1. The van der Waals surface area contributed by atoms with Gasteiger partial charge in [0, 0.05) is 6.54 Å². The Morgan fingerprint density at radius 1 is 1.44 bits per heavy atom. The lowest BCUT2D eigenvalue weighted by Crippen LogP contribution is -2.39. The molecule has 1 saturated carbocycles. The third kappa shape index (κ3) is 2.53. The van der Waals surface area contributed by atoms with Gasteiger partial charge in [-0.3, -0.25) is 4.79 Å². The van der Waals surface area contributed by atoms with Crippen LogP contribution in [0.1, 0.15) is 31.7 Å². The first-order chi connectivity index (χ1) is 8.58. The molecule has 4 heteroatoms. The van der Waals surface area contributed by atoms with E-state index in [-0.39, 0.29) is 18.3 Å². The largest absolute Gasteiger partial charge is 0.391 e. The lowest BCUT2D eigenvalue weighted by atomic mass is 9.95. The molecule has 3 nitrogen and oxygen atoms in total. The number of carbonyl (C=O) groups excluding carboxylic acids is 1. The predicted octanol–water partition coefficient (Wildman–Crippen LogP) is 1.74. The van der Waals surface area contributed by atoms with Gasteiger partial charge >= 0.3 is 0 Å². The molecule has 18 heavy (non-hydrogen) atoms. The zero-order valence-corrected chi connectivity index (χ0v) is 10.4. The van der Waals surface area contributed by atoms with Crippen LogP contribution in [0.2, 0.25) is 0 Å². The van der Waals surface area contributed by atoms with Crippen molar-refractivity contribution < 1.29 is 14.3 Å². The molecule has 1 aliphatic rings. The van der Waals surface area contributed by atoms with Crippen molar-refractivity contribution in [2.24, 2.45) is 0 Å². The van der Waals surface area contributed by atoms with Crippen molar-refractivity contribution in [2.45, 2.75) is 37.7 Å². The van der Waals surface area contributed by atoms with E-state index in [4.69, 9.17) is 0 Å². The molecule has 2 rings (SSSR count). The standard InChI is InChI=1S/C14H18FNO2/c1-2-12(17)9-16-13(18)14(7-8-14)10-3-5-11(15)6-4-10/h3-6,12,17H,2,7-9H2,1H3,(H,16,18). The van der Waals surface area contributed by atoms with Crippen molar-refractivity contribution in [3.63, 3.8) is 0 Å². The average Bonchev–Trinajstić information content (AvgIpc) is 3.17. The number of aliphatic hydroxyl groups excluding tert-OH is 1. The van der Waals surface area contributed by atoms with Crippen LogP contribution in [0.5, 0.6) is 0 Å². The summed E-state index contributed by atoms with van der Waals surface area (Å²) in [4.78, 5) is 12.1. The molecule has 1 amide bonds. The van der Waals surface area contributed by atoms with Crippen LogP contribution < -0.4 is 5.32 Å². The zero-order valence-electron chi connectivity index (χ0n) is 10.4. The van der Waals surface area contributed by atoms with Gasteiger partial charge < -0.3 is 10.4 Å². The Morgan fingerprint density at radius 2 is 2.06 bits per heavy atom. The second-order valence-corrected chi connectivity index (χ2v) is 4.86. The van der Waals surface area contributed by atoms with E-state index in [2.05, 4.69) is 5.32 Å². The SMILES string of the molecule is CCC(O)CNC(=O)C1(c2ccc(F)cc2)CC1. The molecular weight excluding hydrogens is 233 g/mol. The average molecular weight is 251 g/mol. The molecular formula is C14H18FNO2. The summed E-state index contributed by atoms with van der Waals surface area (Å²) in [5, 5.41) is 12.2. The van der Waals surface area contributed by atoms with Crippen LogP contribution in [0.3, 0.4) is 0 Å². The van der Waals surface area contributed by atoms with Gasteiger partial charge in [-0.15, -0.1) is 0 Å². The van der Waals surface area contributed by atoms with E-state index < -0.39 is 11.5 Å². The maximum absolute atomic E-state index is 12.9. The number of hydrogen-bond acceptors (Lipinski definition) is 2. The molecule has 2 N–H and O–H groups in total. The number of nitrogens with one attached hydrogen (secondary N) is 1. The van der Waals surface area contributed by atoms with Crippen molar-refractivity contribution >= 4 is 5.91 Å². The summed E-state index contributed by atoms with van der Waals surface area (Å²) < 4.78 is 12.9. The van der Waals surface area contributed by atoms with E-state index in [0.29, 0.717) is 6.42 Å². The van der Waals surface area contributed by atoms with Crippen LogP contribution in [0.15, 0.2) is 24.3 Å². The van der Waals surface area contributed by atoms with Crippen molar-refractivity contribution in [1.29, 1.82) is 0 Å². The van der Waals surface area contributed by atoms with Crippen molar-refractivity contribution in [3.05, 3.63) is 35.6 Å². The van der Waals surface area contributed by atoms with Gasteiger partial charge in [0.2, 0.25) is 5.91 Å². The molecule has 0 radical (unpaired) electrons. The third-order valence-corrected chi connectivity index (χ3v) is 3.55. The number of benzene rings is 1. The summed E-state index contributed by atoms with van der Waals surface area (Å²) in [6.45, 7) is 2.14. The highest BCUT2D eigenvalue weighted by Gasteiger charge is 2.51. The molecule has 1 fully saturated rings. The van der Waals surface area contributed by atoms with Gasteiger partial charge in [0.15, 0.2) is 0 Å². The Balaban J connectivity index is 2.03. The fourth-order valence-electron chi connectivity index (χ4n) is 2.06. The first-order valence-electron chi connectivity index (χ1n) is 6.31. The summed E-state index contributed by atoms with van der Waals surface area (Å²) >= 11 is 0. The summed E-state index contributed by atoms with van der Waals surface area (Å²) in [5.41, 5.74) is 0.355. The maximum atomic E-state index is 12.9. The second-order valence-electron chi connectivity index (χ2n) is 4.86. The quantitative estimate of drug-likeness (QED) is 0.837. The molecule has 1 atom stereocenters. The smallest absolute Gasteiger partial charge is 0.230 e. The zero-order chi connectivity index (χ0) is 13.2. The number of amides is 1.